The normalized spacial score (nSPS) is 11.8. The Morgan fingerprint density at radius 1 is 1.32 bits per heavy atom. The zero-order chi connectivity index (χ0) is 14.8. The third kappa shape index (κ3) is 3.30. The zero-order valence-corrected chi connectivity index (χ0v) is 11.8. The minimum absolute atomic E-state index is 0.0306. The van der Waals surface area contributed by atoms with E-state index in [0.717, 1.165) is 16.4 Å². The quantitative estimate of drug-likeness (QED) is 0.892. The molecular weight excluding hydrogens is 273 g/mol. The summed E-state index contributed by atoms with van der Waals surface area (Å²) in [5.74, 6) is -1.75. The molecule has 1 aromatic rings. The van der Waals surface area contributed by atoms with Crippen molar-refractivity contribution in [2.24, 2.45) is 0 Å². The maximum absolute atomic E-state index is 13.2. The zero-order valence-electron chi connectivity index (χ0n) is 11.0. The fourth-order valence-electron chi connectivity index (χ4n) is 1.95. The maximum Gasteiger partial charge on any atom is 0.318 e. The molecule has 0 unspecified atom stereocenters. The predicted molar refractivity (Wildman–Crippen MR) is 67.9 cm³/mol. The highest BCUT2D eigenvalue weighted by molar-refractivity contribution is 7.89. The Labute approximate surface area is 111 Å². The molecule has 0 heterocycles. The average molecular weight is 289 g/mol. The van der Waals surface area contributed by atoms with Crippen molar-refractivity contribution in [2.45, 2.75) is 25.7 Å². The second-order valence-electron chi connectivity index (χ2n) is 4.19. The van der Waals surface area contributed by atoms with Crippen molar-refractivity contribution < 1.29 is 22.7 Å². The van der Waals surface area contributed by atoms with Crippen LogP contribution in [0.25, 0.3) is 0 Å². The molecule has 0 aliphatic heterocycles. The Kier molecular flexibility index (Phi) is 4.65. The van der Waals surface area contributed by atoms with Crippen LogP contribution in [0.5, 0.6) is 0 Å². The lowest BCUT2D eigenvalue weighted by molar-refractivity contribution is -0.137. The van der Waals surface area contributed by atoms with Gasteiger partial charge in [0, 0.05) is 6.54 Å². The number of halogens is 1. The number of carboxylic acid groups (broad SMARTS) is 1. The molecule has 106 valence electrons. The highest BCUT2D eigenvalue weighted by Gasteiger charge is 2.28. The first-order chi connectivity index (χ1) is 8.70. The topological polar surface area (TPSA) is 74.7 Å². The predicted octanol–water partition coefficient (Wildman–Crippen LogP) is 1.54. The van der Waals surface area contributed by atoms with Crippen LogP contribution in [0.2, 0.25) is 0 Å². The Morgan fingerprint density at radius 2 is 1.79 bits per heavy atom. The number of aryl methyl sites for hydroxylation is 2. The monoisotopic (exact) mass is 289 g/mol. The number of carboxylic acids is 1. The van der Waals surface area contributed by atoms with Crippen LogP contribution in [0.3, 0.4) is 0 Å². The van der Waals surface area contributed by atoms with Crippen LogP contribution >= 0.6 is 0 Å². The van der Waals surface area contributed by atoms with E-state index in [0.29, 0.717) is 0 Å². The minimum Gasteiger partial charge on any atom is -0.480 e. The van der Waals surface area contributed by atoms with Gasteiger partial charge in [0.15, 0.2) is 0 Å². The molecule has 0 spiro atoms. The Bertz CT molecular complexity index is 575. The summed E-state index contributed by atoms with van der Waals surface area (Å²) in [4.78, 5) is 10.7. The molecule has 1 aromatic carbocycles. The molecule has 0 amide bonds. The first kappa shape index (κ1) is 15.6. The van der Waals surface area contributed by atoms with E-state index in [2.05, 4.69) is 0 Å². The third-order valence-electron chi connectivity index (χ3n) is 2.69. The van der Waals surface area contributed by atoms with E-state index in [-0.39, 0.29) is 22.6 Å². The Hall–Kier alpha value is -1.47. The van der Waals surface area contributed by atoms with Crippen LogP contribution in [0, 0.1) is 19.7 Å². The number of rotatable bonds is 5. The van der Waals surface area contributed by atoms with Gasteiger partial charge >= 0.3 is 5.97 Å². The van der Waals surface area contributed by atoms with Crippen LogP contribution in [0.15, 0.2) is 17.0 Å². The van der Waals surface area contributed by atoms with Gasteiger partial charge in [-0.05, 0) is 37.1 Å². The lowest BCUT2D eigenvalue weighted by Gasteiger charge is -2.21. The highest BCUT2D eigenvalue weighted by atomic mass is 32.2. The second-order valence-corrected chi connectivity index (χ2v) is 6.07. The summed E-state index contributed by atoms with van der Waals surface area (Å²) >= 11 is 0. The molecule has 0 aromatic heterocycles. The number of hydrogen-bond acceptors (Lipinski definition) is 3. The van der Waals surface area contributed by atoms with Crippen molar-refractivity contribution in [3.63, 3.8) is 0 Å². The molecule has 0 radical (unpaired) electrons. The summed E-state index contributed by atoms with van der Waals surface area (Å²) in [6.07, 6.45) is 0. The molecule has 19 heavy (non-hydrogen) atoms. The molecule has 0 aliphatic rings. The fourth-order valence-corrected chi connectivity index (χ4v) is 3.76. The molecule has 0 saturated carbocycles. The lowest BCUT2D eigenvalue weighted by atomic mass is 10.1. The standard InChI is InChI=1S/C12H16FNO4S/c1-4-14(7-11(15)16)19(17,18)12-8(2)5-10(13)6-9(12)3/h5-6H,4,7H2,1-3H3,(H,15,16). The largest absolute Gasteiger partial charge is 0.480 e. The van der Waals surface area contributed by atoms with Crippen molar-refractivity contribution in [3.8, 4) is 0 Å². The van der Waals surface area contributed by atoms with Crippen LogP contribution in [-0.4, -0.2) is 36.9 Å². The van der Waals surface area contributed by atoms with Crippen molar-refractivity contribution >= 4 is 16.0 Å². The van der Waals surface area contributed by atoms with Crippen LogP contribution < -0.4 is 0 Å². The van der Waals surface area contributed by atoms with Gasteiger partial charge in [-0.3, -0.25) is 4.79 Å². The van der Waals surface area contributed by atoms with Gasteiger partial charge in [-0.25, -0.2) is 12.8 Å². The van der Waals surface area contributed by atoms with E-state index in [1.165, 1.54) is 13.8 Å². The number of hydrogen-bond donors (Lipinski definition) is 1. The molecule has 0 atom stereocenters. The maximum atomic E-state index is 13.2. The summed E-state index contributed by atoms with van der Waals surface area (Å²) in [5, 5.41) is 8.74. The van der Waals surface area contributed by atoms with E-state index in [4.69, 9.17) is 5.11 Å². The van der Waals surface area contributed by atoms with Gasteiger partial charge in [-0.15, -0.1) is 0 Å². The molecular formula is C12H16FNO4S. The van der Waals surface area contributed by atoms with Crippen LogP contribution in [0.4, 0.5) is 4.39 Å². The molecule has 5 nitrogen and oxygen atoms in total. The van der Waals surface area contributed by atoms with Gasteiger partial charge in [0.05, 0.1) is 4.90 Å². The van der Waals surface area contributed by atoms with Crippen molar-refractivity contribution in [3.05, 3.63) is 29.1 Å². The smallest absolute Gasteiger partial charge is 0.318 e. The molecule has 1 N–H and O–H groups in total. The van der Waals surface area contributed by atoms with Crippen molar-refractivity contribution in [2.75, 3.05) is 13.1 Å². The van der Waals surface area contributed by atoms with Gasteiger partial charge in [0.2, 0.25) is 10.0 Å². The number of aliphatic carboxylic acids is 1. The first-order valence-corrected chi connectivity index (χ1v) is 7.12. The van der Waals surface area contributed by atoms with Crippen molar-refractivity contribution in [1.29, 1.82) is 0 Å². The number of likely N-dealkylation sites (N-methyl/N-ethyl adjacent to an activating group) is 1. The van der Waals surface area contributed by atoms with E-state index >= 15 is 0 Å². The van der Waals surface area contributed by atoms with E-state index in [9.17, 15) is 17.6 Å². The molecule has 7 heteroatoms. The van der Waals surface area contributed by atoms with Gasteiger partial charge in [-0.1, -0.05) is 6.92 Å². The highest BCUT2D eigenvalue weighted by Crippen LogP contribution is 2.24. The third-order valence-corrected chi connectivity index (χ3v) is 4.91. The molecule has 0 bridgehead atoms. The molecule has 1 rings (SSSR count). The summed E-state index contributed by atoms with van der Waals surface area (Å²) in [5.41, 5.74) is 0.530. The summed E-state index contributed by atoms with van der Waals surface area (Å²) in [6.45, 7) is 3.93. The first-order valence-electron chi connectivity index (χ1n) is 5.68. The van der Waals surface area contributed by atoms with Crippen molar-refractivity contribution in [1.82, 2.24) is 4.31 Å². The van der Waals surface area contributed by atoms with Gasteiger partial charge < -0.3 is 5.11 Å². The van der Waals surface area contributed by atoms with Crippen LogP contribution in [0.1, 0.15) is 18.1 Å². The fraction of sp³-hybridized carbons (Fsp3) is 0.417. The summed E-state index contributed by atoms with van der Waals surface area (Å²) in [6, 6.07) is 2.24. The Balaban J connectivity index is 3.38. The van der Waals surface area contributed by atoms with Gasteiger partial charge in [-0.2, -0.15) is 4.31 Å². The number of nitrogens with zero attached hydrogens (tertiary/aromatic N) is 1. The summed E-state index contributed by atoms with van der Waals surface area (Å²) < 4.78 is 38.8. The number of sulfonamides is 1. The lowest BCUT2D eigenvalue weighted by Crippen LogP contribution is -2.36. The van der Waals surface area contributed by atoms with E-state index in [1.54, 1.807) is 6.92 Å². The minimum atomic E-state index is -3.94. The molecule has 0 fully saturated rings. The number of benzene rings is 1. The van der Waals surface area contributed by atoms with Crippen LogP contribution in [-0.2, 0) is 14.8 Å². The molecule has 0 saturated heterocycles. The average Bonchev–Trinajstić information content (AvgIpc) is 2.23. The number of carbonyl (C=O) groups is 1. The van der Waals surface area contributed by atoms with Gasteiger partial charge in [0.25, 0.3) is 0 Å². The molecule has 0 aliphatic carbocycles. The Morgan fingerprint density at radius 3 is 2.16 bits per heavy atom. The van der Waals surface area contributed by atoms with Gasteiger partial charge in [0.1, 0.15) is 12.4 Å². The summed E-state index contributed by atoms with van der Waals surface area (Å²) in [7, 11) is -3.94. The SMILES string of the molecule is CCN(CC(=O)O)S(=O)(=O)c1c(C)cc(F)cc1C. The van der Waals surface area contributed by atoms with E-state index < -0.39 is 28.4 Å². The van der Waals surface area contributed by atoms with E-state index in [1.807, 2.05) is 0 Å². The second kappa shape index (κ2) is 5.66.